The third-order valence-electron chi connectivity index (χ3n) is 4.36. The zero-order valence-corrected chi connectivity index (χ0v) is 15.9. The number of guanidine groups is 1. The lowest BCUT2D eigenvalue weighted by Crippen LogP contribution is -2.38. The summed E-state index contributed by atoms with van der Waals surface area (Å²) in [5.74, 6) is 1.30. The van der Waals surface area contributed by atoms with Gasteiger partial charge in [0.15, 0.2) is 5.96 Å². The summed E-state index contributed by atoms with van der Waals surface area (Å²) in [6.45, 7) is 11.0. The van der Waals surface area contributed by atoms with Crippen LogP contribution in [0.5, 0.6) is 0 Å². The molecule has 0 aliphatic carbocycles. The maximum absolute atomic E-state index is 4.74. The van der Waals surface area contributed by atoms with Crippen LogP contribution in [0.15, 0.2) is 35.5 Å². The minimum atomic E-state index is 0.407. The minimum Gasteiger partial charge on any atom is -0.357 e. The fourth-order valence-electron chi connectivity index (χ4n) is 2.68. The first kappa shape index (κ1) is 19.0. The molecule has 0 saturated heterocycles. The molecule has 0 bridgehead atoms. The Hall–Kier alpha value is -2.30. The normalized spacial score (nSPS) is 12.9. The Bertz CT molecular complexity index is 657. The lowest BCUT2D eigenvalue weighted by Gasteiger charge is -2.14. The summed E-state index contributed by atoms with van der Waals surface area (Å²) in [5, 5.41) is 13.8. The van der Waals surface area contributed by atoms with Crippen molar-refractivity contribution in [2.45, 2.75) is 46.5 Å². The second-order valence-electron chi connectivity index (χ2n) is 6.58. The topological polar surface area (TPSA) is 65.1 Å². The van der Waals surface area contributed by atoms with Gasteiger partial charge in [-0.15, -0.1) is 0 Å². The second-order valence-corrected chi connectivity index (χ2v) is 6.58. The van der Waals surface area contributed by atoms with E-state index in [4.69, 9.17) is 4.99 Å². The van der Waals surface area contributed by atoms with E-state index in [0.29, 0.717) is 5.92 Å². The maximum atomic E-state index is 4.74. The molecule has 5 heteroatoms. The van der Waals surface area contributed by atoms with Crippen molar-refractivity contribution in [3.63, 3.8) is 0 Å². The molecule has 0 radical (unpaired) electrons. The van der Waals surface area contributed by atoms with E-state index in [-0.39, 0.29) is 0 Å². The monoisotopic (exact) mass is 341 g/mol. The van der Waals surface area contributed by atoms with Crippen LogP contribution in [-0.4, -0.2) is 35.8 Å². The molecular formula is C20H31N5. The number of aryl methyl sites for hydroxylation is 3. The summed E-state index contributed by atoms with van der Waals surface area (Å²) >= 11 is 0. The third kappa shape index (κ3) is 6.25. The van der Waals surface area contributed by atoms with Gasteiger partial charge in [-0.25, -0.2) is 0 Å². The first-order valence-electron chi connectivity index (χ1n) is 9.17. The second kappa shape index (κ2) is 9.87. The summed E-state index contributed by atoms with van der Waals surface area (Å²) in [7, 11) is 0. The molecular weight excluding hydrogens is 310 g/mol. The Morgan fingerprint density at radius 1 is 1.20 bits per heavy atom. The Kier molecular flexibility index (Phi) is 7.51. The van der Waals surface area contributed by atoms with Crippen LogP contribution in [0.1, 0.15) is 48.6 Å². The van der Waals surface area contributed by atoms with Gasteiger partial charge >= 0.3 is 0 Å². The zero-order valence-electron chi connectivity index (χ0n) is 15.9. The maximum Gasteiger partial charge on any atom is 0.191 e. The highest BCUT2D eigenvalue weighted by Gasteiger charge is 2.06. The van der Waals surface area contributed by atoms with Crippen LogP contribution in [0, 0.1) is 13.8 Å². The summed E-state index contributed by atoms with van der Waals surface area (Å²) < 4.78 is 0. The summed E-state index contributed by atoms with van der Waals surface area (Å²) in [6.07, 6.45) is 3.99. The van der Waals surface area contributed by atoms with Gasteiger partial charge in [0.05, 0.1) is 6.20 Å². The van der Waals surface area contributed by atoms with Crippen LogP contribution < -0.4 is 10.6 Å². The zero-order chi connectivity index (χ0) is 18.1. The molecule has 0 spiro atoms. The predicted molar refractivity (Wildman–Crippen MR) is 105 cm³/mol. The Labute approximate surface area is 151 Å². The molecule has 5 nitrogen and oxygen atoms in total. The molecule has 3 N–H and O–H groups in total. The van der Waals surface area contributed by atoms with Gasteiger partial charge in [-0.1, -0.05) is 36.8 Å². The van der Waals surface area contributed by atoms with E-state index in [1.807, 2.05) is 6.20 Å². The summed E-state index contributed by atoms with van der Waals surface area (Å²) in [6, 6.07) is 8.72. The predicted octanol–water partition coefficient (Wildman–Crippen LogP) is 3.32. The molecule has 2 aromatic rings. The van der Waals surface area contributed by atoms with Gasteiger partial charge < -0.3 is 10.6 Å². The van der Waals surface area contributed by atoms with E-state index in [2.05, 4.69) is 72.8 Å². The van der Waals surface area contributed by atoms with Gasteiger partial charge in [-0.05, 0) is 44.7 Å². The molecule has 1 unspecified atom stereocenters. The van der Waals surface area contributed by atoms with Crippen LogP contribution in [0.4, 0.5) is 0 Å². The van der Waals surface area contributed by atoms with Gasteiger partial charge in [0.2, 0.25) is 0 Å². The van der Waals surface area contributed by atoms with E-state index < -0.39 is 0 Å². The largest absolute Gasteiger partial charge is 0.357 e. The molecule has 136 valence electrons. The number of hydrogen-bond acceptors (Lipinski definition) is 2. The van der Waals surface area contributed by atoms with E-state index in [1.165, 1.54) is 16.7 Å². The van der Waals surface area contributed by atoms with Crippen LogP contribution in [0.3, 0.4) is 0 Å². The van der Waals surface area contributed by atoms with Crippen LogP contribution >= 0.6 is 0 Å². The van der Waals surface area contributed by atoms with E-state index >= 15 is 0 Å². The number of nitrogens with one attached hydrogen (secondary N) is 3. The van der Waals surface area contributed by atoms with E-state index in [9.17, 15) is 0 Å². The van der Waals surface area contributed by atoms with Crippen molar-refractivity contribution in [1.29, 1.82) is 0 Å². The highest BCUT2D eigenvalue weighted by Crippen LogP contribution is 2.15. The number of rotatable bonds is 8. The molecule has 25 heavy (non-hydrogen) atoms. The summed E-state index contributed by atoms with van der Waals surface area (Å²) in [4.78, 5) is 4.74. The lowest BCUT2D eigenvalue weighted by molar-refractivity contribution is 0.723. The highest BCUT2D eigenvalue weighted by molar-refractivity contribution is 5.79. The number of aliphatic imine (C=N–C) groups is 1. The Morgan fingerprint density at radius 2 is 1.96 bits per heavy atom. The van der Waals surface area contributed by atoms with Crippen molar-refractivity contribution in [3.05, 3.63) is 52.8 Å². The van der Waals surface area contributed by atoms with Gasteiger partial charge in [-0.2, -0.15) is 5.10 Å². The number of benzene rings is 1. The molecule has 1 aromatic heterocycles. The third-order valence-corrected chi connectivity index (χ3v) is 4.36. The number of hydrogen-bond donors (Lipinski definition) is 3. The Morgan fingerprint density at radius 3 is 2.60 bits per heavy atom. The smallest absolute Gasteiger partial charge is 0.191 e. The fraction of sp³-hybridized carbons (Fsp3) is 0.500. The van der Waals surface area contributed by atoms with Crippen molar-refractivity contribution in [2.24, 2.45) is 4.99 Å². The fourth-order valence-corrected chi connectivity index (χ4v) is 2.68. The average Bonchev–Trinajstić information content (AvgIpc) is 3.01. The van der Waals surface area contributed by atoms with Crippen molar-refractivity contribution < 1.29 is 0 Å². The van der Waals surface area contributed by atoms with Crippen molar-refractivity contribution in [2.75, 3.05) is 19.6 Å². The van der Waals surface area contributed by atoms with E-state index in [0.717, 1.165) is 44.1 Å². The quantitative estimate of drug-likeness (QED) is 0.392. The molecule has 2 rings (SSSR count). The first-order valence-corrected chi connectivity index (χ1v) is 9.17. The first-order chi connectivity index (χ1) is 12.1. The summed E-state index contributed by atoms with van der Waals surface area (Å²) in [5.41, 5.74) is 5.08. The van der Waals surface area contributed by atoms with Gasteiger partial charge in [-0.3, -0.25) is 10.1 Å². The van der Waals surface area contributed by atoms with E-state index in [1.54, 1.807) is 0 Å². The number of nitrogens with zero attached hydrogens (tertiary/aromatic N) is 2. The standard InChI is InChI=1S/C20H31N5/c1-5-21-20(22-12-6-7-19-14-24-25-17(19)4)23-13-16(3)18-10-8-15(2)9-11-18/h8-11,14,16H,5-7,12-13H2,1-4H3,(H,24,25)(H2,21,22,23). The molecule has 1 heterocycles. The number of H-pyrrole nitrogens is 1. The SMILES string of the molecule is CCNC(=NCC(C)c1ccc(C)cc1)NCCCc1cn[nH]c1C. The lowest BCUT2D eigenvalue weighted by atomic mass is 10.0. The molecule has 0 fully saturated rings. The van der Waals surface area contributed by atoms with Gasteiger partial charge in [0, 0.05) is 31.2 Å². The molecule has 0 aliphatic rings. The van der Waals surface area contributed by atoms with Crippen LogP contribution in [0.2, 0.25) is 0 Å². The van der Waals surface area contributed by atoms with Crippen LogP contribution in [-0.2, 0) is 6.42 Å². The molecule has 1 aromatic carbocycles. The van der Waals surface area contributed by atoms with Crippen molar-refractivity contribution in [3.8, 4) is 0 Å². The van der Waals surface area contributed by atoms with Gasteiger partial charge in [0.25, 0.3) is 0 Å². The van der Waals surface area contributed by atoms with Crippen LogP contribution in [0.25, 0.3) is 0 Å². The number of aromatic amines is 1. The number of aromatic nitrogens is 2. The molecule has 0 aliphatic heterocycles. The average molecular weight is 342 g/mol. The molecule has 0 saturated carbocycles. The molecule has 1 atom stereocenters. The van der Waals surface area contributed by atoms with Crippen molar-refractivity contribution >= 4 is 5.96 Å². The Balaban J connectivity index is 1.80. The van der Waals surface area contributed by atoms with Gasteiger partial charge in [0.1, 0.15) is 0 Å². The molecule has 0 amide bonds. The van der Waals surface area contributed by atoms with Crippen molar-refractivity contribution in [1.82, 2.24) is 20.8 Å². The highest BCUT2D eigenvalue weighted by atomic mass is 15.2. The minimum absolute atomic E-state index is 0.407.